The quantitative estimate of drug-likeness (QED) is 0.813. The zero-order chi connectivity index (χ0) is 13.2. The zero-order valence-electron chi connectivity index (χ0n) is 8.43. The third-order valence-electron chi connectivity index (χ3n) is 2.17. The van der Waals surface area contributed by atoms with Crippen molar-refractivity contribution >= 4 is 0 Å². The van der Waals surface area contributed by atoms with Crippen LogP contribution in [-0.4, -0.2) is 10.1 Å². The van der Waals surface area contributed by atoms with Gasteiger partial charge in [-0.15, -0.1) is 0 Å². The van der Waals surface area contributed by atoms with Crippen molar-refractivity contribution in [3.05, 3.63) is 28.6 Å². The minimum Gasteiger partial charge on any atom is -0.392 e. The molecule has 0 unspecified atom stereocenters. The highest BCUT2D eigenvalue weighted by Crippen LogP contribution is 2.39. The monoisotopic (exact) mass is 256 g/mol. The second-order valence-corrected chi connectivity index (χ2v) is 3.17. The second kappa shape index (κ2) is 4.92. The van der Waals surface area contributed by atoms with Crippen LogP contribution in [0.15, 0.2) is 6.20 Å². The van der Waals surface area contributed by atoms with Gasteiger partial charge in [0.25, 0.3) is 6.43 Å². The van der Waals surface area contributed by atoms with Gasteiger partial charge in [0.05, 0.1) is 17.9 Å². The van der Waals surface area contributed by atoms with Crippen molar-refractivity contribution in [2.75, 3.05) is 0 Å². The van der Waals surface area contributed by atoms with Gasteiger partial charge in [-0.25, -0.2) is 8.78 Å². The summed E-state index contributed by atoms with van der Waals surface area (Å²) in [5.41, 5.74) is 1.39. The molecule has 0 atom stereocenters. The Morgan fingerprint density at radius 1 is 1.35 bits per heavy atom. The fourth-order valence-electron chi connectivity index (χ4n) is 1.45. The Balaban J connectivity index is 3.56. The predicted molar refractivity (Wildman–Crippen MR) is 48.0 cm³/mol. The van der Waals surface area contributed by atoms with Crippen molar-refractivity contribution in [3.8, 4) is 0 Å². The first kappa shape index (κ1) is 13.8. The van der Waals surface area contributed by atoms with Gasteiger partial charge in [-0.3, -0.25) is 4.98 Å². The number of aromatic nitrogens is 1. The lowest BCUT2D eigenvalue weighted by molar-refractivity contribution is -0.140. The van der Waals surface area contributed by atoms with E-state index >= 15 is 0 Å². The Kier molecular flexibility index (Phi) is 3.99. The summed E-state index contributed by atoms with van der Waals surface area (Å²) in [6.45, 7) is -1.42. The molecule has 0 aliphatic rings. The van der Waals surface area contributed by atoms with E-state index in [0.29, 0.717) is 6.20 Å². The van der Waals surface area contributed by atoms with E-state index in [9.17, 15) is 22.0 Å². The molecule has 0 saturated carbocycles. The van der Waals surface area contributed by atoms with Crippen LogP contribution in [0.2, 0.25) is 0 Å². The summed E-state index contributed by atoms with van der Waals surface area (Å²) in [5, 5.41) is 8.86. The zero-order valence-corrected chi connectivity index (χ0v) is 8.43. The van der Waals surface area contributed by atoms with Gasteiger partial charge in [0, 0.05) is 23.9 Å². The van der Waals surface area contributed by atoms with E-state index in [-0.39, 0.29) is 12.2 Å². The Morgan fingerprint density at radius 2 is 1.94 bits per heavy atom. The maximum Gasteiger partial charge on any atom is 0.417 e. The van der Waals surface area contributed by atoms with Crippen LogP contribution in [0.1, 0.15) is 28.8 Å². The molecule has 0 amide bonds. The molecular formula is C9H9F5N2O. The molecule has 0 aromatic carbocycles. The van der Waals surface area contributed by atoms with Gasteiger partial charge in [0.1, 0.15) is 0 Å². The smallest absolute Gasteiger partial charge is 0.392 e. The summed E-state index contributed by atoms with van der Waals surface area (Å²) in [6, 6.07) is 0. The lowest BCUT2D eigenvalue weighted by atomic mass is 10.0. The number of hydrogen-bond donors (Lipinski definition) is 2. The molecule has 1 rings (SSSR count). The van der Waals surface area contributed by atoms with Crippen molar-refractivity contribution in [3.63, 3.8) is 0 Å². The minimum absolute atomic E-state index is 0.246. The molecule has 0 fully saturated rings. The van der Waals surface area contributed by atoms with Crippen LogP contribution in [0.3, 0.4) is 0 Å². The van der Waals surface area contributed by atoms with Crippen LogP contribution >= 0.6 is 0 Å². The van der Waals surface area contributed by atoms with Gasteiger partial charge < -0.3 is 10.8 Å². The average molecular weight is 256 g/mol. The molecule has 0 saturated heterocycles. The number of nitrogens with zero attached hydrogens (tertiary/aromatic N) is 1. The number of pyridine rings is 1. The topological polar surface area (TPSA) is 59.1 Å². The summed E-state index contributed by atoms with van der Waals surface area (Å²) in [5.74, 6) is 0. The number of alkyl halides is 5. The highest BCUT2D eigenvalue weighted by molar-refractivity contribution is 5.39. The van der Waals surface area contributed by atoms with Crippen LogP contribution in [-0.2, 0) is 19.3 Å². The van der Waals surface area contributed by atoms with Gasteiger partial charge in [-0.1, -0.05) is 0 Å². The third-order valence-corrected chi connectivity index (χ3v) is 2.17. The molecule has 0 aliphatic carbocycles. The average Bonchev–Trinajstić information content (AvgIpc) is 2.25. The van der Waals surface area contributed by atoms with E-state index in [2.05, 4.69) is 4.98 Å². The number of rotatable bonds is 3. The maximum absolute atomic E-state index is 12.7. The third kappa shape index (κ3) is 2.70. The summed E-state index contributed by atoms with van der Waals surface area (Å²) >= 11 is 0. The molecule has 3 nitrogen and oxygen atoms in total. The molecule has 0 radical (unpaired) electrons. The van der Waals surface area contributed by atoms with E-state index in [4.69, 9.17) is 10.8 Å². The predicted octanol–water partition coefficient (Wildman–Crippen LogP) is 1.99. The molecule has 8 heteroatoms. The number of aliphatic hydroxyl groups excluding tert-OH is 1. The van der Waals surface area contributed by atoms with Crippen molar-refractivity contribution in [2.24, 2.45) is 5.73 Å². The molecule has 96 valence electrons. The molecule has 0 aliphatic heterocycles. The van der Waals surface area contributed by atoms with Gasteiger partial charge >= 0.3 is 6.18 Å². The van der Waals surface area contributed by atoms with Crippen LogP contribution in [0.5, 0.6) is 0 Å². The number of halogens is 5. The molecule has 0 spiro atoms. The molecule has 1 heterocycles. The molecule has 17 heavy (non-hydrogen) atoms. The SMILES string of the molecule is NCc1ncc(C(F)F)c(C(F)(F)F)c1CO. The van der Waals surface area contributed by atoms with Gasteiger partial charge in [-0.2, -0.15) is 13.2 Å². The second-order valence-electron chi connectivity index (χ2n) is 3.17. The van der Waals surface area contributed by atoms with Gasteiger partial charge in [0.15, 0.2) is 0 Å². The number of nitrogens with two attached hydrogens (primary N) is 1. The minimum atomic E-state index is -4.99. The fraction of sp³-hybridized carbons (Fsp3) is 0.444. The van der Waals surface area contributed by atoms with Crippen LogP contribution in [0.4, 0.5) is 22.0 Å². The Labute approximate surface area is 93.1 Å². The van der Waals surface area contributed by atoms with Crippen molar-refractivity contribution in [1.29, 1.82) is 0 Å². The molecule has 1 aromatic heterocycles. The normalized spacial score (nSPS) is 12.2. The summed E-state index contributed by atoms with van der Waals surface area (Å²) < 4.78 is 62.9. The first-order chi connectivity index (χ1) is 7.82. The Morgan fingerprint density at radius 3 is 2.29 bits per heavy atom. The first-order valence-electron chi connectivity index (χ1n) is 4.49. The fourth-order valence-corrected chi connectivity index (χ4v) is 1.45. The molecule has 3 N–H and O–H groups in total. The molecule has 0 bridgehead atoms. The standard InChI is InChI=1S/C9H9F5N2O/c10-8(11)4-2-16-6(1-15)5(3-17)7(4)9(12,13)14/h2,8,17H,1,3,15H2. The number of hydrogen-bond acceptors (Lipinski definition) is 3. The first-order valence-corrected chi connectivity index (χ1v) is 4.49. The highest BCUT2D eigenvalue weighted by atomic mass is 19.4. The van der Waals surface area contributed by atoms with E-state index in [1.807, 2.05) is 0 Å². The van der Waals surface area contributed by atoms with E-state index in [1.165, 1.54) is 0 Å². The van der Waals surface area contributed by atoms with Gasteiger partial charge in [-0.05, 0) is 0 Å². The van der Waals surface area contributed by atoms with Crippen molar-refractivity contribution < 1.29 is 27.1 Å². The Hall–Kier alpha value is -1.28. The van der Waals surface area contributed by atoms with Gasteiger partial charge in [0.2, 0.25) is 0 Å². The van der Waals surface area contributed by atoms with Crippen LogP contribution in [0.25, 0.3) is 0 Å². The van der Waals surface area contributed by atoms with E-state index in [1.54, 1.807) is 0 Å². The lowest BCUT2D eigenvalue weighted by Crippen LogP contribution is -2.18. The molecule has 1 aromatic rings. The largest absolute Gasteiger partial charge is 0.417 e. The maximum atomic E-state index is 12.7. The van der Waals surface area contributed by atoms with Crippen LogP contribution < -0.4 is 5.73 Å². The lowest BCUT2D eigenvalue weighted by Gasteiger charge is -2.17. The number of aliphatic hydroxyl groups is 1. The van der Waals surface area contributed by atoms with Crippen molar-refractivity contribution in [2.45, 2.75) is 25.8 Å². The Bertz CT molecular complexity index is 405. The summed E-state index contributed by atoms with van der Waals surface area (Å²) in [4.78, 5) is 3.40. The summed E-state index contributed by atoms with van der Waals surface area (Å²) in [7, 11) is 0. The molecular weight excluding hydrogens is 247 g/mol. The highest BCUT2D eigenvalue weighted by Gasteiger charge is 2.39. The van der Waals surface area contributed by atoms with Crippen LogP contribution in [0, 0.1) is 0 Å². The summed E-state index contributed by atoms with van der Waals surface area (Å²) in [6.07, 6.45) is -7.87. The van der Waals surface area contributed by atoms with E-state index in [0.717, 1.165) is 0 Å². The van der Waals surface area contributed by atoms with Crippen molar-refractivity contribution in [1.82, 2.24) is 4.98 Å². The van der Waals surface area contributed by atoms with E-state index < -0.39 is 35.9 Å².